The number of nitrogens with zero attached hydrogens (tertiary/aromatic N) is 5. The first-order valence-electron chi connectivity index (χ1n) is 10.5. The van der Waals surface area contributed by atoms with Gasteiger partial charge in [-0.1, -0.05) is 0 Å². The second kappa shape index (κ2) is 7.09. The second-order valence-corrected chi connectivity index (χ2v) is 8.44. The van der Waals surface area contributed by atoms with E-state index in [1.807, 2.05) is 30.9 Å². The Labute approximate surface area is 175 Å². The highest BCUT2D eigenvalue weighted by Gasteiger charge is 2.20. The lowest BCUT2D eigenvalue weighted by Gasteiger charge is -2.33. The number of anilines is 1. The van der Waals surface area contributed by atoms with Crippen molar-refractivity contribution in [3.63, 3.8) is 0 Å². The highest BCUT2D eigenvalue weighted by Crippen LogP contribution is 2.30. The lowest BCUT2D eigenvalue weighted by molar-refractivity contribution is 0.485. The van der Waals surface area contributed by atoms with Crippen molar-refractivity contribution in [1.29, 1.82) is 0 Å². The molecule has 0 aliphatic carbocycles. The number of pyridine rings is 1. The van der Waals surface area contributed by atoms with E-state index in [0.717, 1.165) is 47.5 Å². The average Bonchev–Trinajstić information content (AvgIpc) is 3.27. The molecule has 0 spiro atoms. The van der Waals surface area contributed by atoms with E-state index >= 15 is 0 Å². The van der Waals surface area contributed by atoms with Gasteiger partial charge in [-0.05, 0) is 57.5 Å². The summed E-state index contributed by atoms with van der Waals surface area (Å²) in [4.78, 5) is 6.68. The van der Waals surface area contributed by atoms with E-state index in [1.54, 1.807) is 10.5 Å². The zero-order chi connectivity index (χ0) is 21.0. The summed E-state index contributed by atoms with van der Waals surface area (Å²) in [5, 5.41) is 9.46. The zero-order valence-electron chi connectivity index (χ0n) is 17.9. The fourth-order valence-corrected chi connectivity index (χ4v) is 4.51. The van der Waals surface area contributed by atoms with Crippen molar-refractivity contribution >= 4 is 22.2 Å². The molecule has 1 aliphatic rings. The lowest BCUT2D eigenvalue weighted by Crippen LogP contribution is -2.49. The molecule has 1 fully saturated rings. The maximum Gasteiger partial charge on any atom is 0.173 e. The van der Waals surface area contributed by atoms with Crippen molar-refractivity contribution in [3.8, 4) is 0 Å². The van der Waals surface area contributed by atoms with E-state index < -0.39 is 0 Å². The Hall–Kier alpha value is -2.93. The van der Waals surface area contributed by atoms with Gasteiger partial charge in [0.2, 0.25) is 0 Å². The topological polar surface area (TPSA) is 50.4 Å². The van der Waals surface area contributed by atoms with Crippen molar-refractivity contribution in [2.24, 2.45) is 0 Å². The fourth-order valence-electron chi connectivity index (χ4n) is 4.51. The minimum absolute atomic E-state index is 0.104. The molecule has 4 aromatic rings. The Morgan fingerprint density at radius 1 is 1.20 bits per heavy atom. The van der Waals surface area contributed by atoms with Crippen LogP contribution in [0.3, 0.4) is 0 Å². The highest BCUT2D eigenvalue weighted by molar-refractivity contribution is 5.85. The highest BCUT2D eigenvalue weighted by atomic mass is 19.1. The van der Waals surface area contributed by atoms with E-state index in [4.69, 9.17) is 5.10 Å². The van der Waals surface area contributed by atoms with Crippen molar-refractivity contribution in [2.45, 2.75) is 39.8 Å². The molecule has 7 heteroatoms. The maximum atomic E-state index is 14.6. The molecule has 3 aromatic heterocycles. The van der Waals surface area contributed by atoms with Crippen LogP contribution in [0.5, 0.6) is 0 Å². The average molecular weight is 407 g/mol. The van der Waals surface area contributed by atoms with Crippen molar-refractivity contribution in [2.75, 3.05) is 24.5 Å². The van der Waals surface area contributed by atoms with Gasteiger partial charge < -0.3 is 14.6 Å². The molecular weight excluding hydrogens is 379 g/mol. The van der Waals surface area contributed by atoms with Crippen molar-refractivity contribution in [3.05, 3.63) is 59.4 Å². The van der Waals surface area contributed by atoms with Crippen molar-refractivity contribution in [1.82, 2.24) is 24.5 Å². The van der Waals surface area contributed by atoms with Crippen LogP contribution >= 0.6 is 0 Å². The third-order valence-electron chi connectivity index (χ3n) is 6.11. The fraction of sp³-hybridized carbons (Fsp3) is 0.391. The minimum atomic E-state index is -0.309. The zero-order valence-corrected chi connectivity index (χ0v) is 17.9. The van der Waals surface area contributed by atoms with E-state index in [1.165, 1.54) is 5.69 Å². The van der Waals surface area contributed by atoms with Gasteiger partial charge >= 0.3 is 0 Å². The van der Waals surface area contributed by atoms with Gasteiger partial charge in [0.25, 0.3) is 0 Å². The number of nitrogens with one attached hydrogen (secondary N) is 1. The summed E-state index contributed by atoms with van der Waals surface area (Å²) in [7, 11) is 0. The first-order chi connectivity index (χ1) is 14.4. The largest absolute Gasteiger partial charge is 0.369 e. The molecule has 2 atom stereocenters. The Morgan fingerprint density at radius 2 is 2.03 bits per heavy atom. The van der Waals surface area contributed by atoms with Gasteiger partial charge in [0, 0.05) is 49.1 Å². The monoisotopic (exact) mass is 406 g/mol. The number of aromatic nitrogens is 4. The van der Waals surface area contributed by atoms with Crippen LogP contribution in [-0.4, -0.2) is 44.8 Å². The number of fused-ring (bicyclic) bond motifs is 2. The number of hydrogen-bond donors (Lipinski definition) is 1. The standard InChI is InChI=1S/C23H27FN6/c1-14-11-28(8-7-25-14)19-5-6-22-20(10-19)16(3)27-30(22)17(4)18-9-21(24)23-26-15(2)12-29(23)13-18/h5-6,9-10,12-14,17,25H,7-8,11H2,1-4H3. The molecule has 0 bridgehead atoms. The molecule has 1 N–H and O–H groups in total. The van der Waals surface area contributed by atoms with Crippen LogP contribution in [0.4, 0.5) is 10.1 Å². The minimum Gasteiger partial charge on any atom is -0.369 e. The van der Waals surface area contributed by atoms with Gasteiger partial charge in [-0.15, -0.1) is 0 Å². The van der Waals surface area contributed by atoms with Crippen LogP contribution in [0, 0.1) is 19.7 Å². The summed E-state index contributed by atoms with van der Waals surface area (Å²) in [6.07, 6.45) is 3.80. The number of aryl methyl sites for hydroxylation is 2. The van der Waals surface area contributed by atoms with Gasteiger partial charge in [-0.2, -0.15) is 5.10 Å². The summed E-state index contributed by atoms with van der Waals surface area (Å²) in [6, 6.07) is 8.51. The molecule has 5 rings (SSSR count). The number of rotatable bonds is 3. The first kappa shape index (κ1) is 19.1. The third-order valence-corrected chi connectivity index (χ3v) is 6.11. The molecule has 30 heavy (non-hydrogen) atoms. The SMILES string of the molecule is Cc1cn2cc(C(C)n3nc(C)c4cc(N5CCNC(C)C5)ccc43)cc(F)c2n1. The lowest BCUT2D eigenvalue weighted by atomic mass is 10.1. The summed E-state index contributed by atoms with van der Waals surface area (Å²) >= 11 is 0. The molecule has 4 heterocycles. The molecule has 1 aromatic carbocycles. The van der Waals surface area contributed by atoms with Gasteiger partial charge in [-0.3, -0.25) is 4.68 Å². The quantitative estimate of drug-likeness (QED) is 0.562. The van der Waals surface area contributed by atoms with Crippen LogP contribution in [0.1, 0.15) is 36.8 Å². The molecule has 0 amide bonds. The third kappa shape index (κ3) is 3.13. The Balaban J connectivity index is 1.54. The Kier molecular flexibility index (Phi) is 4.50. The van der Waals surface area contributed by atoms with Gasteiger partial charge in [-0.25, -0.2) is 9.37 Å². The molecule has 0 saturated carbocycles. The van der Waals surface area contributed by atoms with Gasteiger partial charge in [0.05, 0.1) is 22.9 Å². The smallest absolute Gasteiger partial charge is 0.173 e. The number of imidazole rings is 1. The predicted molar refractivity (Wildman–Crippen MR) is 118 cm³/mol. The molecule has 2 unspecified atom stereocenters. The molecular formula is C23H27FN6. The number of benzene rings is 1. The van der Waals surface area contributed by atoms with Crippen LogP contribution in [0.25, 0.3) is 16.6 Å². The summed E-state index contributed by atoms with van der Waals surface area (Å²) in [5.74, 6) is -0.309. The van der Waals surface area contributed by atoms with Crippen molar-refractivity contribution < 1.29 is 4.39 Å². The van der Waals surface area contributed by atoms with E-state index in [9.17, 15) is 4.39 Å². The second-order valence-electron chi connectivity index (χ2n) is 8.44. The summed E-state index contributed by atoms with van der Waals surface area (Å²) in [6.45, 7) is 11.2. The van der Waals surface area contributed by atoms with E-state index in [0.29, 0.717) is 11.7 Å². The summed E-state index contributed by atoms with van der Waals surface area (Å²) in [5.41, 5.74) is 5.30. The van der Waals surface area contributed by atoms with Gasteiger partial charge in [0.1, 0.15) is 0 Å². The number of hydrogen-bond acceptors (Lipinski definition) is 4. The Morgan fingerprint density at radius 3 is 2.83 bits per heavy atom. The molecule has 156 valence electrons. The number of piperazine rings is 1. The number of halogens is 1. The van der Waals surface area contributed by atoms with Crippen LogP contribution < -0.4 is 10.2 Å². The summed E-state index contributed by atoms with van der Waals surface area (Å²) < 4.78 is 18.4. The Bertz CT molecular complexity index is 1240. The van der Waals surface area contributed by atoms with E-state index in [-0.39, 0.29) is 11.9 Å². The van der Waals surface area contributed by atoms with Crippen LogP contribution in [0.15, 0.2) is 36.7 Å². The molecule has 1 saturated heterocycles. The van der Waals surface area contributed by atoms with E-state index in [2.05, 4.69) is 47.2 Å². The first-order valence-corrected chi connectivity index (χ1v) is 10.5. The maximum absolute atomic E-state index is 14.6. The molecule has 0 radical (unpaired) electrons. The molecule has 6 nitrogen and oxygen atoms in total. The molecule has 1 aliphatic heterocycles. The van der Waals surface area contributed by atoms with Crippen LogP contribution in [0.2, 0.25) is 0 Å². The normalized spacial score (nSPS) is 18.4. The van der Waals surface area contributed by atoms with Gasteiger partial charge in [0.15, 0.2) is 11.5 Å². The predicted octanol–water partition coefficient (Wildman–Crippen LogP) is 3.85. The van der Waals surface area contributed by atoms with Crippen LogP contribution in [-0.2, 0) is 0 Å².